The van der Waals surface area contributed by atoms with E-state index in [0.29, 0.717) is 17.8 Å². The first-order chi connectivity index (χ1) is 8.71. The van der Waals surface area contributed by atoms with Crippen LogP contribution in [0.1, 0.15) is 19.2 Å². The number of hydrogen-bond donors (Lipinski definition) is 0. The molecule has 0 N–H and O–H groups in total. The molecule has 0 radical (unpaired) electrons. The van der Waals surface area contributed by atoms with Crippen molar-refractivity contribution in [2.45, 2.75) is 26.3 Å². The molecule has 0 aliphatic heterocycles. The van der Waals surface area contributed by atoms with Gasteiger partial charge in [0.15, 0.2) is 11.6 Å². The van der Waals surface area contributed by atoms with E-state index in [9.17, 15) is 4.39 Å². The first kappa shape index (κ1) is 13.1. The van der Waals surface area contributed by atoms with Crippen molar-refractivity contribution in [2.75, 3.05) is 13.0 Å². The zero-order valence-corrected chi connectivity index (χ0v) is 11.3. The highest BCUT2D eigenvalue weighted by Gasteiger charge is 2.13. The molecule has 2 rings (SSSR count). The molecule has 3 nitrogen and oxygen atoms in total. The van der Waals surface area contributed by atoms with E-state index < -0.39 is 0 Å². The van der Waals surface area contributed by atoms with Crippen molar-refractivity contribution in [2.24, 2.45) is 0 Å². The Morgan fingerprint density at radius 2 is 2.22 bits per heavy atom. The van der Waals surface area contributed by atoms with E-state index in [1.165, 1.54) is 13.2 Å². The second kappa shape index (κ2) is 5.57. The Morgan fingerprint density at radius 3 is 2.83 bits per heavy atom. The lowest BCUT2D eigenvalue weighted by molar-refractivity contribution is 0.387. The normalized spacial score (nSPS) is 11.1. The van der Waals surface area contributed by atoms with Gasteiger partial charge in [-0.2, -0.15) is 0 Å². The minimum absolute atomic E-state index is 0.247. The fraction of sp³-hybridized carbons (Fsp3) is 0.462. The Bertz CT molecular complexity index is 553. The summed E-state index contributed by atoms with van der Waals surface area (Å²) in [5.41, 5.74) is 1.55. The first-order valence-corrected chi connectivity index (χ1v) is 6.53. The van der Waals surface area contributed by atoms with E-state index in [-0.39, 0.29) is 11.6 Å². The molecule has 0 aliphatic carbocycles. The molecule has 5 heteroatoms. The van der Waals surface area contributed by atoms with E-state index in [1.54, 1.807) is 6.07 Å². The smallest absolute Gasteiger partial charge is 0.167 e. The van der Waals surface area contributed by atoms with Crippen molar-refractivity contribution < 1.29 is 9.13 Å². The van der Waals surface area contributed by atoms with E-state index in [2.05, 4.69) is 16.5 Å². The second-order valence-corrected chi connectivity index (χ2v) is 4.47. The summed E-state index contributed by atoms with van der Waals surface area (Å²) in [5, 5.41) is 0. The van der Waals surface area contributed by atoms with Crippen LogP contribution in [0.3, 0.4) is 0 Å². The third-order valence-electron chi connectivity index (χ3n) is 2.87. The monoisotopic (exact) mass is 270 g/mol. The predicted molar refractivity (Wildman–Crippen MR) is 71.0 cm³/mol. The number of halogens is 2. The summed E-state index contributed by atoms with van der Waals surface area (Å²) in [6.07, 6.45) is 1.67. The van der Waals surface area contributed by atoms with E-state index >= 15 is 0 Å². The number of benzene rings is 1. The third kappa shape index (κ3) is 2.29. The molecule has 0 atom stereocenters. The molecule has 0 aliphatic rings. The fourth-order valence-electron chi connectivity index (χ4n) is 2.08. The predicted octanol–water partition coefficient (Wildman–Crippen LogP) is 3.38. The van der Waals surface area contributed by atoms with Gasteiger partial charge in [0.05, 0.1) is 18.1 Å². The van der Waals surface area contributed by atoms with Gasteiger partial charge in [0.2, 0.25) is 0 Å². The maximum absolute atomic E-state index is 13.6. The van der Waals surface area contributed by atoms with Gasteiger partial charge in [0.25, 0.3) is 0 Å². The molecule has 0 spiro atoms. The highest BCUT2D eigenvalue weighted by Crippen LogP contribution is 2.26. The Morgan fingerprint density at radius 1 is 1.44 bits per heavy atom. The zero-order chi connectivity index (χ0) is 13.1. The van der Waals surface area contributed by atoms with E-state index in [4.69, 9.17) is 16.3 Å². The lowest BCUT2D eigenvalue weighted by atomic mass is 10.2. The molecule has 0 unspecified atom stereocenters. The maximum atomic E-state index is 13.6. The van der Waals surface area contributed by atoms with Crippen LogP contribution >= 0.6 is 11.6 Å². The topological polar surface area (TPSA) is 27.1 Å². The van der Waals surface area contributed by atoms with Crippen molar-refractivity contribution in [3.05, 3.63) is 23.8 Å². The summed E-state index contributed by atoms with van der Waals surface area (Å²) in [4.78, 5) is 4.44. The molecule has 1 aromatic heterocycles. The van der Waals surface area contributed by atoms with Gasteiger partial charge in [-0.25, -0.2) is 9.37 Å². The van der Waals surface area contributed by atoms with Crippen LogP contribution in [0.5, 0.6) is 5.75 Å². The summed E-state index contributed by atoms with van der Waals surface area (Å²) >= 11 is 5.77. The van der Waals surface area contributed by atoms with Gasteiger partial charge in [-0.1, -0.05) is 6.92 Å². The summed E-state index contributed by atoms with van der Waals surface area (Å²) in [5.74, 6) is 1.27. The molecule has 18 heavy (non-hydrogen) atoms. The lowest BCUT2D eigenvalue weighted by Crippen LogP contribution is -2.04. The fourth-order valence-corrected chi connectivity index (χ4v) is 2.25. The number of nitrogens with zero attached hydrogens (tertiary/aromatic N) is 2. The summed E-state index contributed by atoms with van der Waals surface area (Å²) in [6.45, 7) is 2.94. The third-order valence-corrected chi connectivity index (χ3v) is 3.06. The molecular weight excluding hydrogens is 255 g/mol. The maximum Gasteiger partial charge on any atom is 0.167 e. The van der Waals surface area contributed by atoms with Gasteiger partial charge < -0.3 is 9.30 Å². The summed E-state index contributed by atoms with van der Waals surface area (Å²) < 4.78 is 20.7. The van der Waals surface area contributed by atoms with Crippen LogP contribution in [0.15, 0.2) is 12.1 Å². The number of aryl methyl sites for hydroxylation is 2. The van der Waals surface area contributed by atoms with Gasteiger partial charge in [-0.3, -0.25) is 0 Å². The minimum atomic E-state index is -0.386. The van der Waals surface area contributed by atoms with E-state index in [0.717, 1.165) is 24.3 Å². The average molecular weight is 271 g/mol. The van der Waals surface area contributed by atoms with Gasteiger partial charge in [-0.15, -0.1) is 11.6 Å². The molecule has 0 bridgehead atoms. The van der Waals surface area contributed by atoms with Crippen LogP contribution in [0, 0.1) is 5.82 Å². The summed E-state index contributed by atoms with van der Waals surface area (Å²) in [6, 6.07) is 3.11. The Kier molecular flexibility index (Phi) is 4.07. The number of alkyl halides is 1. The Labute approximate surface area is 111 Å². The van der Waals surface area contributed by atoms with Crippen LogP contribution in [-0.2, 0) is 13.0 Å². The minimum Gasteiger partial charge on any atom is -0.494 e. The number of hydrogen-bond acceptors (Lipinski definition) is 2. The highest BCUT2D eigenvalue weighted by atomic mass is 35.5. The van der Waals surface area contributed by atoms with Gasteiger partial charge in [0, 0.05) is 31.0 Å². The number of rotatable bonds is 5. The van der Waals surface area contributed by atoms with Crippen molar-refractivity contribution in [3.8, 4) is 5.75 Å². The number of imidazole rings is 1. The zero-order valence-electron chi connectivity index (χ0n) is 10.5. The van der Waals surface area contributed by atoms with Gasteiger partial charge in [0.1, 0.15) is 5.82 Å². The highest BCUT2D eigenvalue weighted by molar-refractivity contribution is 6.17. The SMILES string of the molecule is CCCn1c(CCCl)nc2cc(F)c(OC)cc21. The Hall–Kier alpha value is -1.29. The van der Waals surface area contributed by atoms with Crippen molar-refractivity contribution >= 4 is 22.6 Å². The average Bonchev–Trinajstić information content (AvgIpc) is 2.67. The number of fused-ring (bicyclic) bond motifs is 1. The van der Waals surface area contributed by atoms with Crippen LogP contribution in [0.2, 0.25) is 0 Å². The molecule has 1 aromatic carbocycles. The molecule has 0 fully saturated rings. The van der Waals surface area contributed by atoms with Gasteiger partial charge >= 0.3 is 0 Å². The van der Waals surface area contributed by atoms with Crippen LogP contribution < -0.4 is 4.74 Å². The lowest BCUT2D eigenvalue weighted by Gasteiger charge is -2.07. The molecule has 0 saturated carbocycles. The molecule has 1 heterocycles. The van der Waals surface area contributed by atoms with Crippen molar-refractivity contribution in [1.29, 1.82) is 0 Å². The van der Waals surface area contributed by atoms with Crippen LogP contribution in [0.4, 0.5) is 4.39 Å². The first-order valence-electron chi connectivity index (χ1n) is 5.99. The molecule has 0 amide bonds. The standard InChI is InChI=1S/C13H16ClFN2O/c1-3-6-17-11-8-12(18-2)9(15)7-10(11)16-13(17)4-5-14/h7-8H,3-6H2,1-2H3. The van der Waals surface area contributed by atoms with Crippen LogP contribution in [-0.4, -0.2) is 22.5 Å². The second-order valence-electron chi connectivity index (χ2n) is 4.09. The largest absolute Gasteiger partial charge is 0.494 e. The number of methoxy groups -OCH3 is 1. The molecule has 0 saturated heterocycles. The van der Waals surface area contributed by atoms with Crippen molar-refractivity contribution in [1.82, 2.24) is 9.55 Å². The molecule has 98 valence electrons. The van der Waals surface area contributed by atoms with Crippen molar-refractivity contribution in [3.63, 3.8) is 0 Å². The number of ether oxygens (including phenoxy) is 1. The van der Waals surface area contributed by atoms with Gasteiger partial charge in [-0.05, 0) is 6.42 Å². The molecule has 2 aromatic rings. The quantitative estimate of drug-likeness (QED) is 0.779. The number of aromatic nitrogens is 2. The summed E-state index contributed by atoms with van der Waals surface area (Å²) in [7, 11) is 1.46. The van der Waals surface area contributed by atoms with Crippen LogP contribution in [0.25, 0.3) is 11.0 Å². The Balaban J connectivity index is 2.61. The van der Waals surface area contributed by atoms with E-state index in [1.807, 2.05) is 0 Å². The molecular formula is C13H16ClFN2O.